The van der Waals surface area contributed by atoms with Crippen LogP contribution in [-0.4, -0.2) is 31.6 Å². The van der Waals surface area contributed by atoms with Crippen molar-refractivity contribution in [3.05, 3.63) is 65.2 Å². The van der Waals surface area contributed by atoms with E-state index in [1.807, 2.05) is 12.1 Å². The second-order valence-electron chi connectivity index (χ2n) is 6.04. The molecule has 1 aliphatic heterocycles. The number of nitrogens with zero attached hydrogens (tertiary/aromatic N) is 1. The molecular weight excluding hydrogens is 272 g/mol. The van der Waals surface area contributed by atoms with E-state index in [-0.39, 0.29) is 0 Å². The van der Waals surface area contributed by atoms with E-state index >= 15 is 0 Å². The van der Waals surface area contributed by atoms with Crippen LogP contribution in [0.4, 0.5) is 0 Å². The summed E-state index contributed by atoms with van der Waals surface area (Å²) in [6.07, 6.45) is 0. The van der Waals surface area contributed by atoms with Crippen molar-refractivity contribution in [1.29, 1.82) is 0 Å². The van der Waals surface area contributed by atoms with Crippen LogP contribution in [0.15, 0.2) is 48.5 Å². The first-order valence-corrected chi connectivity index (χ1v) is 7.82. The highest BCUT2D eigenvalue weighted by molar-refractivity contribution is 5.44. The molecule has 2 aromatic carbocycles. The van der Waals surface area contributed by atoms with Gasteiger partial charge in [0.1, 0.15) is 5.75 Å². The van der Waals surface area contributed by atoms with E-state index < -0.39 is 0 Å². The van der Waals surface area contributed by atoms with Gasteiger partial charge in [-0.05, 0) is 42.8 Å². The van der Waals surface area contributed by atoms with Gasteiger partial charge in [-0.3, -0.25) is 4.90 Å². The van der Waals surface area contributed by atoms with Gasteiger partial charge in [-0.1, -0.05) is 36.4 Å². The van der Waals surface area contributed by atoms with Crippen LogP contribution in [-0.2, 0) is 0 Å². The number of rotatable bonds is 3. The summed E-state index contributed by atoms with van der Waals surface area (Å²) in [5.41, 5.74) is 10.1. The molecule has 3 rings (SSSR count). The van der Waals surface area contributed by atoms with Crippen molar-refractivity contribution < 1.29 is 4.74 Å². The first-order chi connectivity index (χ1) is 10.7. The maximum atomic E-state index is 6.03. The summed E-state index contributed by atoms with van der Waals surface area (Å²) < 4.78 is 5.28. The number of likely N-dealkylation sites (N-methyl/N-ethyl adjacent to an activating group) is 1. The largest absolute Gasteiger partial charge is 0.497 e. The highest BCUT2D eigenvalue weighted by Gasteiger charge is 2.36. The van der Waals surface area contributed by atoms with Crippen LogP contribution >= 0.6 is 0 Å². The highest BCUT2D eigenvalue weighted by Crippen LogP contribution is 2.42. The van der Waals surface area contributed by atoms with Gasteiger partial charge in [0.15, 0.2) is 0 Å². The lowest BCUT2D eigenvalue weighted by molar-refractivity contribution is 0.156. The lowest BCUT2D eigenvalue weighted by Crippen LogP contribution is -2.45. The lowest BCUT2D eigenvalue weighted by Gasteiger charge is -2.44. The molecule has 0 saturated heterocycles. The number of nitrogens with two attached hydrogens (primary N) is 1. The van der Waals surface area contributed by atoms with Gasteiger partial charge in [0.25, 0.3) is 0 Å². The number of methoxy groups -OCH3 is 1. The Labute approximate surface area is 132 Å². The van der Waals surface area contributed by atoms with Crippen LogP contribution in [0.1, 0.15) is 35.6 Å². The Morgan fingerprint density at radius 1 is 1.05 bits per heavy atom. The summed E-state index contributed by atoms with van der Waals surface area (Å²) in [5.74, 6) is 1.25. The van der Waals surface area contributed by atoms with E-state index in [0.717, 1.165) is 5.75 Å². The van der Waals surface area contributed by atoms with E-state index in [1.165, 1.54) is 16.7 Å². The van der Waals surface area contributed by atoms with Gasteiger partial charge in [-0.2, -0.15) is 0 Å². The van der Waals surface area contributed by atoms with Gasteiger partial charge in [0, 0.05) is 24.5 Å². The molecule has 2 N–H and O–H groups in total. The highest BCUT2D eigenvalue weighted by atomic mass is 16.5. The smallest absolute Gasteiger partial charge is 0.118 e. The van der Waals surface area contributed by atoms with E-state index in [1.54, 1.807) is 7.11 Å². The average Bonchev–Trinajstić information content (AvgIpc) is 2.57. The molecule has 3 atom stereocenters. The number of hydrogen-bond acceptors (Lipinski definition) is 3. The topological polar surface area (TPSA) is 38.5 Å². The predicted molar refractivity (Wildman–Crippen MR) is 90.3 cm³/mol. The summed E-state index contributed by atoms with van der Waals surface area (Å²) >= 11 is 0. The number of ether oxygens (including phenoxy) is 1. The third-order valence-electron chi connectivity index (χ3n) is 5.00. The Morgan fingerprint density at radius 2 is 1.68 bits per heavy atom. The molecule has 0 aromatic heterocycles. The van der Waals surface area contributed by atoms with Crippen LogP contribution in [0.2, 0.25) is 0 Å². The van der Waals surface area contributed by atoms with E-state index in [4.69, 9.17) is 10.5 Å². The zero-order valence-electron chi connectivity index (χ0n) is 13.5. The summed E-state index contributed by atoms with van der Waals surface area (Å²) in [5, 5.41) is 0. The zero-order chi connectivity index (χ0) is 15.7. The third kappa shape index (κ3) is 2.40. The molecule has 0 amide bonds. The van der Waals surface area contributed by atoms with E-state index in [2.05, 4.69) is 55.3 Å². The molecule has 0 fully saturated rings. The number of fused-ring (bicyclic) bond motifs is 1. The van der Waals surface area contributed by atoms with Crippen molar-refractivity contribution in [1.82, 2.24) is 4.90 Å². The minimum Gasteiger partial charge on any atom is -0.497 e. The van der Waals surface area contributed by atoms with Crippen molar-refractivity contribution in [2.45, 2.75) is 24.9 Å². The maximum Gasteiger partial charge on any atom is 0.118 e. The predicted octanol–water partition coefficient (Wildman–Crippen LogP) is 3.16. The Hall–Kier alpha value is -1.84. The molecule has 116 valence electrons. The monoisotopic (exact) mass is 296 g/mol. The summed E-state index contributed by atoms with van der Waals surface area (Å²) in [6.45, 7) is 2.93. The molecule has 1 heterocycles. The molecule has 3 nitrogen and oxygen atoms in total. The molecule has 22 heavy (non-hydrogen) atoms. The molecule has 0 saturated carbocycles. The van der Waals surface area contributed by atoms with Crippen LogP contribution in [0.3, 0.4) is 0 Å². The Kier molecular flexibility index (Phi) is 4.19. The van der Waals surface area contributed by atoms with Gasteiger partial charge >= 0.3 is 0 Å². The second-order valence-corrected chi connectivity index (χ2v) is 6.04. The van der Waals surface area contributed by atoms with Crippen molar-refractivity contribution in [3.63, 3.8) is 0 Å². The van der Waals surface area contributed by atoms with Crippen LogP contribution in [0.5, 0.6) is 5.75 Å². The minimum absolute atomic E-state index is 0.292. The standard InChI is InChI=1S/C19H24N2O/c1-13-19(14-8-10-15(22-3)11-9-14)17-7-5-4-6-16(17)18(12-20)21(13)2/h4-11,13,18-19H,12,20H2,1-3H3. The SMILES string of the molecule is COc1ccc(C2c3ccccc3C(CN)N(C)C2C)cc1. The average molecular weight is 296 g/mol. The van der Waals surface area contributed by atoms with Crippen LogP contribution in [0.25, 0.3) is 0 Å². The molecule has 0 aliphatic carbocycles. The molecule has 0 spiro atoms. The van der Waals surface area contributed by atoms with E-state index in [0.29, 0.717) is 24.5 Å². The van der Waals surface area contributed by atoms with Crippen molar-refractivity contribution in [3.8, 4) is 5.75 Å². The van der Waals surface area contributed by atoms with Crippen LogP contribution in [0, 0.1) is 0 Å². The first kappa shape index (κ1) is 15.1. The van der Waals surface area contributed by atoms with Crippen molar-refractivity contribution in [2.75, 3.05) is 20.7 Å². The molecule has 1 aliphatic rings. The molecule has 3 unspecified atom stereocenters. The van der Waals surface area contributed by atoms with Crippen LogP contribution < -0.4 is 10.5 Å². The summed E-state index contributed by atoms with van der Waals surface area (Å²) in [4.78, 5) is 2.40. The number of benzene rings is 2. The van der Waals surface area contributed by atoms with Gasteiger partial charge in [-0.25, -0.2) is 0 Å². The quantitative estimate of drug-likeness (QED) is 0.945. The van der Waals surface area contributed by atoms with Gasteiger partial charge in [0.05, 0.1) is 7.11 Å². The molecular formula is C19H24N2O. The molecule has 2 aromatic rings. The zero-order valence-corrected chi connectivity index (χ0v) is 13.5. The Balaban J connectivity index is 2.09. The minimum atomic E-state index is 0.292. The maximum absolute atomic E-state index is 6.03. The summed E-state index contributed by atoms with van der Waals surface area (Å²) in [6, 6.07) is 17.8. The first-order valence-electron chi connectivity index (χ1n) is 7.82. The van der Waals surface area contributed by atoms with E-state index in [9.17, 15) is 0 Å². The fraction of sp³-hybridized carbons (Fsp3) is 0.368. The van der Waals surface area contributed by atoms with Crippen molar-refractivity contribution >= 4 is 0 Å². The Morgan fingerprint density at radius 3 is 2.27 bits per heavy atom. The van der Waals surface area contributed by atoms with Crippen molar-refractivity contribution in [2.24, 2.45) is 5.73 Å². The molecule has 3 heteroatoms. The van der Waals surface area contributed by atoms with Gasteiger partial charge < -0.3 is 10.5 Å². The van der Waals surface area contributed by atoms with Gasteiger partial charge in [0.2, 0.25) is 0 Å². The number of hydrogen-bond donors (Lipinski definition) is 1. The summed E-state index contributed by atoms with van der Waals surface area (Å²) in [7, 11) is 3.88. The second kappa shape index (κ2) is 6.11. The fourth-order valence-electron chi connectivity index (χ4n) is 3.66. The van der Waals surface area contributed by atoms with Gasteiger partial charge in [-0.15, -0.1) is 0 Å². The fourth-order valence-corrected chi connectivity index (χ4v) is 3.66. The third-order valence-corrected chi connectivity index (χ3v) is 5.00. The molecule has 0 bridgehead atoms. The Bertz CT molecular complexity index is 638. The normalized spacial score (nSPS) is 24.8. The lowest BCUT2D eigenvalue weighted by atomic mass is 9.77. The molecule has 0 radical (unpaired) electrons.